The van der Waals surface area contributed by atoms with Gasteiger partial charge in [0.2, 0.25) is 5.91 Å². The highest BCUT2D eigenvalue weighted by molar-refractivity contribution is 5.95. The first-order valence-corrected chi connectivity index (χ1v) is 14.8. The highest BCUT2D eigenvalue weighted by Crippen LogP contribution is 2.48. The molecule has 1 aliphatic carbocycles. The molecule has 0 radical (unpaired) electrons. The fourth-order valence-corrected chi connectivity index (χ4v) is 6.87. The van der Waals surface area contributed by atoms with E-state index in [9.17, 15) is 14.4 Å². The van der Waals surface area contributed by atoms with Crippen molar-refractivity contribution in [3.63, 3.8) is 0 Å². The molecule has 3 amide bonds. The van der Waals surface area contributed by atoms with Crippen molar-refractivity contribution in [1.82, 2.24) is 35.7 Å². The summed E-state index contributed by atoms with van der Waals surface area (Å²) in [6.07, 6.45) is 4.14. The standard InChI is InChI=1S/C32H38N8O3/c1-20(8-15-28(41)40-16-6-7-27(40)33-2)19-32(31-36-37-38-39(31)5)25-13-11-23(29(42)34-3)17-21(25)9-10-22-18-24(30(43)35-4)12-14-26(22)32/h11-14,17-18,20,27H,6-10,15-16,19H2,1,3-5H3,(H,34,42)(H,35,43)/t20-,27-/m0/s1. The van der Waals surface area contributed by atoms with Gasteiger partial charge in [0.25, 0.3) is 11.8 Å². The topological polar surface area (TPSA) is 126 Å². The number of hydrogen-bond donors (Lipinski definition) is 2. The molecule has 2 heterocycles. The molecule has 1 saturated heterocycles. The maximum Gasteiger partial charge on any atom is 0.300 e. The minimum atomic E-state index is -0.809. The largest absolute Gasteiger partial charge is 0.355 e. The van der Waals surface area contributed by atoms with Gasteiger partial charge in [0, 0.05) is 51.7 Å². The van der Waals surface area contributed by atoms with Crippen LogP contribution < -0.4 is 10.6 Å². The molecule has 3 aromatic rings. The van der Waals surface area contributed by atoms with E-state index in [1.165, 1.54) is 0 Å². The zero-order valence-corrected chi connectivity index (χ0v) is 25.2. The number of rotatable bonds is 8. The number of fused-ring (bicyclic) bond motifs is 2. The Kier molecular flexibility index (Phi) is 8.57. The van der Waals surface area contributed by atoms with E-state index >= 15 is 0 Å². The predicted molar refractivity (Wildman–Crippen MR) is 160 cm³/mol. The lowest BCUT2D eigenvalue weighted by Crippen LogP contribution is -2.37. The van der Waals surface area contributed by atoms with Crippen LogP contribution in [0.5, 0.6) is 0 Å². The maximum absolute atomic E-state index is 13.2. The van der Waals surface area contributed by atoms with Crippen LogP contribution >= 0.6 is 0 Å². The van der Waals surface area contributed by atoms with Crippen LogP contribution in [-0.4, -0.2) is 69.6 Å². The lowest BCUT2D eigenvalue weighted by Gasteiger charge is -2.37. The molecule has 5 rings (SSSR count). The summed E-state index contributed by atoms with van der Waals surface area (Å²) in [7, 11) is 5.06. The summed E-state index contributed by atoms with van der Waals surface area (Å²) in [5, 5.41) is 18.3. The molecule has 11 heteroatoms. The highest BCUT2D eigenvalue weighted by atomic mass is 16.2. The number of benzene rings is 2. The van der Waals surface area contributed by atoms with Gasteiger partial charge in [-0.2, -0.15) is 0 Å². The smallest absolute Gasteiger partial charge is 0.300 e. The van der Waals surface area contributed by atoms with Crippen molar-refractivity contribution in [2.45, 2.75) is 63.5 Å². The van der Waals surface area contributed by atoms with Crippen molar-refractivity contribution in [2.24, 2.45) is 13.0 Å². The molecule has 0 bridgehead atoms. The van der Waals surface area contributed by atoms with Crippen molar-refractivity contribution < 1.29 is 14.4 Å². The molecule has 2 N–H and O–H groups in total. The van der Waals surface area contributed by atoms with Gasteiger partial charge >= 0.3 is 6.17 Å². The summed E-state index contributed by atoms with van der Waals surface area (Å²) in [5.41, 5.74) is 4.38. The van der Waals surface area contributed by atoms with Gasteiger partial charge in [-0.25, -0.2) is 11.3 Å². The molecular weight excluding hydrogens is 544 g/mol. The molecule has 2 atom stereocenters. The quantitative estimate of drug-likeness (QED) is 0.393. The first kappa shape index (κ1) is 29.9. The van der Waals surface area contributed by atoms with E-state index in [1.54, 1.807) is 23.7 Å². The Hall–Kier alpha value is -4.59. The number of amides is 3. The monoisotopic (exact) mass is 582 g/mol. The number of aryl methyl sites for hydroxylation is 3. The van der Waals surface area contributed by atoms with E-state index in [0.29, 0.717) is 55.6 Å². The Morgan fingerprint density at radius 2 is 1.65 bits per heavy atom. The maximum atomic E-state index is 13.2. The van der Waals surface area contributed by atoms with Crippen LogP contribution in [0.2, 0.25) is 0 Å². The van der Waals surface area contributed by atoms with E-state index < -0.39 is 5.41 Å². The lowest BCUT2D eigenvalue weighted by molar-refractivity contribution is -0.131. The Labute approximate surface area is 251 Å². The van der Waals surface area contributed by atoms with Crippen molar-refractivity contribution >= 4 is 17.7 Å². The van der Waals surface area contributed by atoms with Gasteiger partial charge in [-0.15, -0.1) is 5.10 Å². The first-order valence-electron chi connectivity index (χ1n) is 14.8. The Balaban J connectivity index is 1.62. The van der Waals surface area contributed by atoms with Gasteiger partial charge in [-0.3, -0.25) is 24.1 Å². The number of carbonyl (C=O) groups excluding carboxylic acids is 3. The normalized spacial score (nSPS) is 17.7. The van der Waals surface area contributed by atoms with Crippen molar-refractivity contribution in [3.8, 4) is 0 Å². The third kappa shape index (κ3) is 5.49. The molecule has 224 valence electrons. The third-order valence-corrected chi connectivity index (χ3v) is 8.97. The molecule has 43 heavy (non-hydrogen) atoms. The average Bonchev–Trinajstić information content (AvgIpc) is 3.67. The zero-order chi connectivity index (χ0) is 30.7. The lowest BCUT2D eigenvalue weighted by atomic mass is 9.66. The van der Waals surface area contributed by atoms with E-state index in [4.69, 9.17) is 6.57 Å². The van der Waals surface area contributed by atoms with Gasteiger partial charge in [0.15, 0.2) is 5.82 Å². The first-order chi connectivity index (χ1) is 20.7. The van der Waals surface area contributed by atoms with Gasteiger partial charge in [-0.05, 0) is 95.0 Å². The van der Waals surface area contributed by atoms with Crippen LogP contribution in [0, 0.1) is 12.5 Å². The zero-order valence-electron chi connectivity index (χ0n) is 25.2. The van der Waals surface area contributed by atoms with Crippen LogP contribution in [0.4, 0.5) is 0 Å². The molecule has 11 nitrogen and oxygen atoms in total. The van der Waals surface area contributed by atoms with Crippen LogP contribution in [0.25, 0.3) is 4.85 Å². The summed E-state index contributed by atoms with van der Waals surface area (Å²) < 4.78 is 1.70. The minimum Gasteiger partial charge on any atom is -0.355 e. The third-order valence-electron chi connectivity index (χ3n) is 8.97. The number of nitrogens with one attached hydrogen (secondary N) is 2. The molecule has 1 aromatic heterocycles. The molecule has 0 unspecified atom stereocenters. The molecule has 0 spiro atoms. The Morgan fingerprint density at radius 3 is 2.16 bits per heavy atom. The number of hydrogen-bond acceptors (Lipinski definition) is 6. The van der Waals surface area contributed by atoms with Crippen LogP contribution in [-0.2, 0) is 30.1 Å². The fourth-order valence-electron chi connectivity index (χ4n) is 6.87. The molecule has 2 aromatic carbocycles. The summed E-state index contributed by atoms with van der Waals surface area (Å²) in [6, 6.07) is 11.6. The van der Waals surface area contributed by atoms with Crippen molar-refractivity contribution in [1.29, 1.82) is 0 Å². The van der Waals surface area contributed by atoms with E-state index in [1.807, 2.05) is 43.4 Å². The van der Waals surface area contributed by atoms with E-state index in [2.05, 4.69) is 37.9 Å². The summed E-state index contributed by atoms with van der Waals surface area (Å²) in [5.74, 6) is 0.411. The summed E-state index contributed by atoms with van der Waals surface area (Å²) in [6.45, 7) is 10.2. The molecule has 1 aliphatic heterocycles. The van der Waals surface area contributed by atoms with Crippen molar-refractivity contribution in [3.05, 3.63) is 87.0 Å². The van der Waals surface area contributed by atoms with Crippen molar-refractivity contribution in [2.75, 3.05) is 20.6 Å². The van der Waals surface area contributed by atoms with Gasteiger partial charge < -0.3 is 10.6 Å². The van der Waals surface area contributed by atoms with E-state index in [0.717, 1.165) is 35.1 Å². The number of tetrazole rings is 1. The van der Waals surface area contributed by atoms with Gasteiger partial charge in [0.1, 0.15) is 0 Å². The second kappa shape index (κ2) is 12.3. The predicted octanol–water partition coefficient (Wildman–Crippen LogP) is 3.04. The van der Waals surface area contributed by atoms with Crippen LogP contribution in [0.1, 0.15) is 87.8 Å². The summed E-state index contributed by atoms with van der Waals surface area (Å²) in [4.78, 5) is 43.8. The SMILES string of the molecule is [C-]#[N+][C@@H]1CCCN1C(=O)CC[C@H](C)CC1(c2nnnn2C)c2ccc(C(=O)NC)cc2CCc2cc(C(=O)NC)ccc21. The second-order valence-electron chi connectivity index (χ2n) is 11.6. The molecular formula is C32H38N8O3. The number of carbonyl (C=O) groups is 3. The minimum absolute atomic E-state index is 0.0202. The number of aromatic nitrogens is 4. The number of likely N-dealkylation sites (tertiary alicyclic amines) is 1. The van der Waals surface area contributed by atoms with E-state index in [-0.39, 0.29) is 29.8 Å². The van der Waals surface area contributed by atoms with Crippen LogP contribution in [0.15, 0.2) is 36.4 Å². The molecule has 0 saturated carbocycles. The molecule has 1 fully saturated rings. The van der Waals surface area contributed by atoms with Gasteiger partial charge in [-0.1, -0.05) is 19.1 Å². The Morgan fingerprint density at radius 1 is 1.05 bits per heavy atom. The Bertz CT molecular complexity index is 1520. The van der Waals surface area contributed by atoms with Crippen LogP contribution in [0.3, 0.4) is 0 Å². The summed E-state index contributed by atoms with van der Waals surface area (Å²) >= 11 is 0. The second-order valence-corrected chi connectivity index (χ2v) is 11.6. The number of nitrogens with zero attached hydrogens (tertiary/aromatic N) is 6. The highest BCUT2D eigenvalue weighted by Gasteiger charge is 2.46. The van der Waals surface area contributed by atoms with Gasteiger partial charge in [0.05, 0.1) is 5.41 Å². The fraction of sp³-hybridized carbons (Fsp3) is 0.469. The molecule has 2 aliphatic rings. The average molecular weight is 583 g/mol.